The third kappa shape index (κ3) is 7.23. The molecule has 2 N–H and O–H groups in total. The van der Waals surface area contributed by atoms with Crippen molar-refractivity contribution >= 4 is 29.1 Å². The summed E-state index contributed by atoms with van der Waals surface area (Å²) in [5.74, 6) is -2.24. The Morgan fingerprint density at radius 1 is 1.00 bits per heavy atom. The van der Waals surface area contributed by atoms with Gasteiger partial charge in [-0.05, 0) is 37.9 Å². The molecule has 0 saturated carbocycles. The number of benzene rings is 3. The van der Waals surface area contributed by atoms with Crippen LogP contribution in [-0.4, -0.2) is 58.2 Å². The lowest BCUT2D eigenvalue weighted by Crippen LogP contribution is -2.39. The Morgan fingerprint density at radius 3 is 2.31 bits per heavy atom. The summed E-state index contributed by atoms with van der Waals surface area (Å²) in [4.78, 5) is 43.6. The van der Waals surface area contributed by atoms with E-state index >= 15 is 0 Å². The summed E-state index contributed by atoms with van der Waals surface area (Å²) in [7, 11) is 0. The number of carboxylic acid groups (broad SMARTS) is 1. The second kappa shape index (κ2) is 13.1. The van der Waals surface area contributed by atoms with E-state index in [0.29, 0.717) is 29.1 Å². The number of alkyl halides is 1. The maximum atomic E-state index is 14.3. The highest BCUT2D eigenvalue weighted by Gasteiger charge is 2.31. The number of aliphatic carboxylic acids is 1. The lowest BCUT2D eigenvalue weighted by molar-refractivity contribution is -0.139. The van der Waals surface area contributed by atoms with Crippen molar-refractivity contribution in [3.8, 4) is 0 Å². The Hall–Kier alpha value is -4.17. The first-order valence-corrected chi connectivity index (χ1v) is 13.0. The number of Topliss-reactive ketones (excluding diaryl/α,β-unsaturated/α-hetero) is 1. The van der Waals surface area contributed by atoms with Crippen molar-refractivity contribution < 1.29 is 23.9 Å². The molecule has 0 aliphatic carbocycles. The number of rotatable bonds is 11. The molecule has 0 radical (unpaired) electrons. The number of nitrogens with zero attached hydrogens (tertiary/aromatic N) is 2. The van der Waals surface area contributed by atoms with Crippen LogP contribution in [0.3, 0.4) is 0 Å². The van der Waals surface area contributed by atoms with Crippen LogP contribution in [-0.2, 0) is 20.9 Å². The number of carbonyl (C=O) groups excluding carboxylic acids is 2. The summed E-state index contributed by atoms with van der Waals surface area (Å²) in [6.45, 7) is 2.56. The van der Waals surface area contributed by atoms with Crippen molar-refractivity contribution in [2.45, 2.75) is 51.0 Å². The quantitative estimate of drug-likeness (QED) is 0.345. The molecule has 1 aliphatic rings. The van der Waals surface area contributed by atoms with Gasteiger partial charge in [0.15, 0.2) is 18.0 Å². The van der Waals surface area contributed by atoms with Gasteiger partial charge in [0, 0.05) is 24.1 Å². The van der Waals surface area contributed by atoms with Crippen molar-refractivity contribution in [3.05, 3.63) is 102 Å². The van der Waals surface area contributed by atoms with Gasteiger partial charge in [0.25, 0.3) is 0 Å². The smallest absolute Gasteiger partial charge is 0.328 e. The number of likely N-dealkylation sites (tertiary alicyclic amines) is 1. The Morgan fingerprint density at radius 2 is 1.64 bits per heavy atom. The van der Waals surface area contributed by atoms with Crippen molar-refractivity contribution in [3.63, 3.8) is 0 Å². The molecule has 1 amide bonds. The molecule has 8 heteroatoms. The van der Waals surface area contributed by atoms with E-state index in [-0.39, 0.29) is 11.9 Å². The van der Waals surface area contributed by atoms with Gasteiger partial charge in [0.2, 0.25) is 5.91 Å². The first-order valence-electron chi connectivity index (χ1n) is 13.0. The minimum atomic E-state index is -1.94. The number of halogens is 1. The molecule has 1 saturated heterocycles. The predicted octanol–water partition coefficient (Wildman–Crippen LogP) is 4.90. The molecule has 1 heterocycles. The highest BCUT2D eigenvalue weighted by atomic mass is 18.2. The molecule has 3 atom stereocenters. The fraction of sp³-hybridized carbons (Fsp3) is 0.290. The highest BCUT2D eigenvalue weighted by Crippen LogP contribution is 2.25. The second-order valence-electron chi connectivity index (χ2n) is 9.66. The maximum absolute atomic E-state index is 14.3. The van der Waals surface area contributed by atoms with Gasteiger partial charge in [-0.1, -0.05) is 78.9 Å². The van der Waals surface area contributed by atoms with E-state index in [1.54, 1.807) is 48.5 Å². The minimum Gasteiger partial charge on any atom is -0.480 e. The molecule has 39 heavy (non-hydrogen) atoms. The van der Waals surface area contributed by atoms with Crippen LogP contribution in [0.25, 0.3) is 0 Å². The Kier molecular flexibility index (Phi) is 9.33. The molecule has 3 unspecified atom stereocenters. The first kappa shape index (κ1) is 27.9. The summed E-state index contributed by atoms with van der Waals surface area (Å²) in [5.41, 5.74) is 3.02. The molecular weight excluding hydrogens is 496 g/mol. The lowest BCUT2D eigenvalue weighted by Gasteiger charge is -2.24. The van der Waals surface area contributed by atoms with Crippen LogP contribution in [0.4, 0.5) is 10.1 Å². The van der Waals surface area contributed by atoms with Gasteiger partial charge in [-0.2, -0.15) is 0 Å². The van der Waals surface area contributed by atoms with E-state index in [9.17, 15) is 23.9 Å². The van der Waals surface area contributed by atoms with E-state index in [4.69, 9.17) is 0 Å². The number of ketones is 1. The molecular formula is C31H32FN3O4. The molecule has 1 fully saturated rings. The van der Waals surface area contributed by atoms with Gasteiger partial charge >= 0.3 is 5.97 Å². The Balaban J connectivity index is 1.65. The summed E-state index contributed by atoms with van der Waals surface area (Å²) < 4.78 is 14.3. The van der Waals surface area contributed by atoms with Gasteiger partial charge in [0.05, 0.1) is 17.4 Å². The average molecular weight is 529 g/mol. The molecule has 4 rings (SSSR count). The highest BCUT2D eigenvalue weighted by molar-refractivity contribution is 6.17. The SMILES string of the molecule is CC(=O)C([18F])CC(N=C(c1ccccc1)c1ccccc1NC(=O)C1CCCN1Cc1ccccc1)C(=O)O. The number of nitrogens with one attached hydrogen (secondary N) is 1. The number of aliphatic imine (C=N–C) groups is 1. The van der Waals surface area contributed by atoms with E-state index < -0.39 is 30.4 Å². The van der Waals surface area contributed by atoms with E-state index in [1.807, 2.05) is 36.4 Å². The van der Waals surface area contributed by atoms with Crippen molar-refractivity contribution in [1.82, 2.24) is 4.90 Å². The van der Waals surface area contributed by atoms with Crippen molar-refractivity contribution in [2.24, 2.45) is 4.99 Å². The van der Waals surface area contributed by atoms with E-state index in [1.165, 1.54) is 0 Å². The van der Waals surface area contributed by atoms with Gasteiger partial charge in [0.1, 0.15) is 0 Å². The zero-order valence-electron chi connectivity index (χ0n) is 21.8. The third-order valence-corrected chi connectivity index (χ3v) is 6.82. The van der Waals surface area contributed by atoms with Crippen molar-refractivity contribution in [2.75, 3.05) is 11.9 Å². The fourth-order valence-electron chi connectivity index (χ4n) is 4.77. The number of carboxylic acids is 1. The van der Waals surface area contributed by atoms with Crippen LogP contribution in [0, 0.1) is 0 Å². The normalized spacial score (nSPS) is 17.4. The summed E-state index contributed by atoms with van der Waals surface area (Å²) in [5, 5.41) is 12.8. The second-order valence-corrected chi connectivity index (χ2v) is 9.66. The van der Waals surface area contributed by atoms with E-state index in [0.717, 1.165) is 31.9 Å². The standard InChI is InChI=1S/C31H32FN3O4/c1-21(36)25(32)19-27(31(38)39)33-29(23-13-6-3-7-14-23)24-15-8-9-16-26(24)34-30(37)28-17-10-18-35(28)20-22-11-4-2-5-12-22/h2-9,11-16,25,27-28H,10,17-20H2,1H3,(H,34,37)(H,38,39)/i32-1. The molecule has 7 nitrogen and oxygen atoms in total. The van der Waals surface area contributed by atoms with Crippen LogP contribution < -0.4 is 5.32 Å². The zero-order valence-corrected chi connectivity index (χ0v) is 21.8. The van der Waals surface area contributed by atoms with Crippen LogP contribution >= 0.6 is 0 Å². The summed E-state index contributed by atoms with van der Waals surface area (Å²) in [6.07, 6.45) is -0.888. The molecule has 3 aromatic carbocycles. The number of para-hydroxylation sites is 1. The molecule has 3 aromatic rings. The van der Waals surface area contributed by atoms with Gasteiger partial charge < -0.3 is 10.4 Å². The monoisotopic (exact) mass is 528 g/mol. The number of carbonyl (C=O) groups is 3. The molecule has 202 valence electrons. The maximum Gasteiger partial charge on any atom is 0.328 e. The number of anilines is 1. The number of hydrogen-bond donors (Lipinski definition) is 2. The fourth-order valence-corrected chi connectivity index (χ4v) is 4.77. The van der Waals surface area contributed by atoms with Crippen LogP contribution in [0.1, 0.15) is 42.9 Å². The van der Waals surface area contributed by atoms with Crippen LogP contribution in [0.2, 0.25) is 0 Å². The summed E-state index contributed by atoms with van der Waals surface area (Å²) >= 11 is 0. The largest absolute Gasteiger partial charge is 0.480 e. The van der Waals surface area contributed by atoms with Crippen LogP contribution in [0.5, 0.6) is 0 Å². The summed E-state index contributed by atoms with van der Waals surface area (Å²) in [6, 6.07) is 24.2. The van der Waals surface area contributed by atoms with Gasteiger partial charge in [-0.3, -0.25) is 19.5 Å². The molecule has 0 bridgehead atoms. The average Bonchev–Trinajstić information content (AvgIpc) is 3.40. The molecule has 0 spiro atoms. The number of hydrogen-bond acceptors (Lipinski definition) is 5. The Labute approximate surface area is 227 Å². The minimum absolute atomic E-state index is 0.154. The first-order chi connectivity index (χ1) is 18.8. The van der Waals surface area contributed by atoms with Gasteiger partial charge in [-0.25, -0.2) is 9.18 Å². The van der Waals surface area contributed by atoms with E-state index in [2.05, 4.69) is 15.2 Å². The third-order valence-electron chi connectivity index (χ3n) is 6.82. The van der Waals surface area contributed by atoms with Gasteiger partial charge in [-0.15, -0.1) is 0 Å². The van der Waals surface area contributed by atoms with Crippen LogP contribution in [0.15, 0.2) is 89.9 Å². The molecule has 0 aromatic heterocycles. The van der Waals surface area contributed by atoms with Crippen molar-refractivity contribution in [1.29, 1.82) is 0 Å². The number of amides is 1. The predicted molar refractivity (Wildman–Crippen MR) is 149 cm³/mol. The zero-order chi connectivity index (χ0) is 27.8. The topological polar surface area (TPSA) is 99.1 Å². The molecule has 1 aliphatic heterocycles. The Bertz CT molecular complexity index is 1330. The lowest BCUT2D eigenvalue weighted by atomic mass is 9.99.